The fourth-order valence-corrected chi connectivity index (χ4v) is 3.02. The molecule has 1 aromatic heterocycles. The van der Waals surface area contributed by atoms with E-state index in [1.165, 1.54) is 12.1 Å². The second kappa shape index (κ2) is 7.43. The van der Waals surface area contributed by atoms with Crippen molar-refractivity contribution < 1.29 is 22.7 Å². The second-order valence-electron chi connectivity index (χ2n) is 5.61. The van der Waals surface area contributed by atoms with Crippen LogP contribution in [-0.4, -0.2) is 22.1 Å². The molecule has 1 heterocycles. The van der Waals surface area contributed by atoms with Gasteiger partial charge in [0.25, 0.3) is 5.91 Å². The molecule has 0 fully saturated rings. The lowest BCUT2D eigenvalue weighted by atomic mass is 10.1. The van der Waals surface area contributed by atoms with Gasteiger partial charge >= 0.3 is 6.36 Å². The molecule has 0 unspecified atom stereocenters. The van der Waals surface area contributed by atoms with Crippen molar-refractivity contribution in [1.29, 1.82) is 0 Å². The maximum atomic E-state index is 12.3. The third-order valence-corrected chi connectivity index (χ3v) is 4.11. The summed E-state index contributed by atoms with van der Waals surface area (Å²) in [5, 5.41) is 7.06. The molecule has 0 aliphatic heterocycles. The van der Waals surface area contributed by atoms with E-state index in [0.29, 0.717) is 5.69 Å². The first-order valence-electron chi connectivity index (χ1n) is 7.68. The summed E-state index contributed by atoms with van der Waals surface area (Å²) in [7, 11) is 1.80. The van der Waals surface area contributed by atoms with Crippen molar-refractivity contribution in [2.45, 2.75) is 6.36 Å². The van der Waals surface area contributed by atoms with Crippen molar-refractivity contribution in [3.05, 3.63) is 64.8 Å². The number of nitrogens with one attached hydrogen (secondary N) is 1. The summed E-state index contributed by atoms with van der Waals surface area (Å²) in [5.41, 5.74) is 2.26. The second-order valence-corrected chi connectivity index (χ2v) is 6.46. The number of hydrogen-bond donors (Lipinski definition) is 1. The van der Waals surface area contributed by atoms with E-state index in [1.807, 2.05) is 12.3 Å². The highest BCUT2D eigenvalue weighted by Gasteiger charge is 2.31. The number of hydrogen-bond acceptors (Lipinski definition) is 3. The molecule has 0 saturated heterocycles. The predicted octanol–water partition coefficient (Wildman–Crippen LogP) is 5.00. The first-order chi connectivity index (χ1) is 12.7. The van der Waals surface area contributed by atoms with Crippen molar-refractivity contribution >= 4 is 27.5 Å². The highest BCUT2D eigenvalue weighted by atomic mass is 79.9. The van der Waals surface area contributed by atoms with E-state index in [1.54, 1.807) is 29.9 Å². The molecular formula is C18H13BrF3N3O2. The summed E-state index contributed by atoms with van der Waals surface area (Å²) in [5.74, 6) is -0.841. The molecule has 0 bridgehead atoms. The Bertz CT molecular complexity index is 969. The minimum absolute atomic E-state index is 0.203. The minimum atomic E-state index is -4.77. The number of anilines is 1. The zero-order valence-corrected chi connectivity index (χ0v) is 15.5. The average molecular weight is 440 g/mol. The summed E-state index contributed by atoms with van der Waals surface area (Å²) >= 11 is 3.43. The summed E-state index contributed by atoms with van der Waals surface area (Å²) < 4.78 is 42.8. The normalized spacial score (nSPS) is 11.3. The Labute approximate surface area is 160 Å². The summed E-state index contributed by atoms with van der Waals surface area (Å²) in [4.78, 5) is 12.3. The maximum absolute atomic E-state index is 12.3. The number of aromatic nitrogens is 2. The number of alkyl halides is 3. The highest BCUT2D eigenvalue weighted by molar-refractivity contribution is 9.10. The molecule has 0 saturated carbocycles. The SMILES string of the molecule is Cn1cc(Br)c(-c2cccc(NC(=O)c3ccc(OC(F)(F)F)cc3)c2)n1. The molecule has 27 heavy (non-hydrogen) atoms. The molecule has 0 atom stereocenters. The number of carbonyl (C=O) groups is 1. The largest absolute Gasteiger partial charge is 0.573 e. The summed E-state index contributed by atoms with van der Waals surface area (Å²) in [6, 6.07) is 11.8. The van der Waals surface area contributed by atoms with Crippen LogP contribution < -0.4 is 10.1 Å². The van der Waals surface area contributed by atoms with E-state index in [2.05, 4.69) is 31.1 Å². The smallest absolute Gasteiger partial charge is 0.406 e. The predicted molar refractivity (Wildman–Crippen MR) is 97.4 cm³/mol. The Balaban J connectivity index is 1.74. The van der Waals surface area contributed by atoms with Crippen molar-refractivity contribution in [3.8, 4) is 17.0 Å². The molecule has 1 amide bonds. The van der Waals surface area contributed by atoms with Crippen molar-refractivity contribution in [2.24, 2.45) is 7.05 Å². The van der Waals surface area contributed by atoms with Crippen LogP contribution in [-0.2, 0) is 7.05 Å². The van der Waals surface area contributed by atoms with E-state index in [-0.39, 0.29) is 11.3 Å². The first-order valence-corrected chi connectivity index (χ1v) is 8.47. The summed E-state index contributed by atoms with van der Waals surface area (Å²) in [6.07, 6.45) is -2.96. The molecule has 0 aliphatic carbocycles. The fraction of sp³-hybridized carbons (Fsp3) is 0.111. The number of rotatable bonds is 4. The number of aryl methyl sites for hydroxylation is 1. The van der Waals surface area contributed by atoms with Gasteiger partial charge in [0.1, 0.15) is 11.4 Å². The van der Waals surface area contributed by atoms with Crippen LogP contribution in [0.15, 0.2) is 59.2 Å². The molecule has 0 radical (unpaired) electrons. The van der Waals surface area contributed by atoms with E-state index >= 15 is 0 Å². The van der Waals surface area contributed by atoms with Gasteiger partial charge in [0, 0.05) is 30.1 Å². The number of benzene rings is 2. The first kappa shape index (κ1) is 19.0. The van der Waals surface area contributed by atoms with Crippen molar-refractivity contribution in [3.63, 3.8) is 0 Å². The van der Waals surface area contributed by atoms with Crippen LogP contribution in [0.25, 0.3) is 11.3 Å². The Morgan fingerprint density at radius 2 is 1.89 bits per heavy atom. The van der Waals surface area contributed by atoms with Crippen LogP contribution in [0.5, 0.6) is 5.75 Å². The standard InChI is InChI=1S/C18H13BrF3N3O2/c1-25-10-15(19)16(24-25)12-3-2-4-13(9-12)23-17(26)11-5-7-14(8-6-11)27-18(20,21)22/h2-10H,1H3,(H,23,26). The quantitative estimate of drug-likeness (QED) is 0.622. The molecular weight excluding hydrogens is 427 g/mol. The zero-order chi connectivity index (χ0) is 19.6. The van der Waals surface area contributed by atoms with Gasteiger partial charge in [-0.25, -0.2) is 0 Å². The zero-order valence-electron chi connectivity index (χ0n) is 13.9. The Morgan fingerprint density at radius 1 is 1.19 bits per heavy atom. The van der Waals surface area contributed by atoms with Gasteiger partial charge in [-0.1, -0.05) is 12.1 Å². The number of halogens is 4. The molecule has 2 aromatic carbocycles. The molecule has 0 spiro atoms. The summed E-state index contributed by atoms with van der Waals surface area (Å²) in [6.45, 7) is 0. The molecule has 1 N–H and O–H groups in total. The molecule has 9 heteroatoms. The lowest BCUT2D eigenvalue weighted by Crippen LogP contribution is -2.17. The van der Waals surface area contributed by atoms with E-state index in [9.17, 15) is 18.0 Å². The van der Waals surface area contributed by atoms with Crippen LogP contribution in [0.4, 0.5) is 18.9 Å². The number of ether oxygens (including phenoxy) is 1. The van der Waals surface area contributed by atoms with Gasteiger partial charge < -0.3 is 10.1 Å². The van der Waals surface area contributed by atoms with E-state index in [0.717, 1.165) is 27.9 Å². The van der Waals surface area contributed by atoms with Gasteiger partial charge in [-0.2, -0.15) is 5.10 Å². The van der Waals surface area contributed by atoms with Crippen LogP contribution in [0.3, 0.4) is 0 Å². The van der Waals surface area contributed by atoms with E-state index in [4.69, 9.17) is 0 Å². The Hall–Kier alpha value is -2.81. The monoisotopic (exact) mass is 439 g/mol. The number of carbonyl (C=O) groups excluding carboxylic acids is 1. The number of amides is 1. The molecule has 140 valence electrons. The van der Waals surface area contributed by atoms with Gasteiger partial charge in [0.2, 0.25) is 0 Å². The van der Waals surface area contributed by atoms with Crippen LogP contribution in [0, 0.1) is 0 Å². The van der Waals surface area contributed by atoms with Crippen LogP contribution in [0.1, 0.15) is 10.4 Å². The van der Waals surface area contributed by atoms with Crippen LogP contribution >= 0.6 is 15.9 Å². The molecule has 0 aliphatic rings. The fourth-order valence-electron chi connectivity index (χ4n) is 2.41. The number of nitrogens with zero attached hydrogens (tertiary/aromatic N) is 2. The van der Waals surface area contributed by atoms with Gasteiger partial charge in [-0.3, -0.25) is 9.48 Å². The van der Waals surface area contributed by atoms with Crippen LogP contribution in [0.2, 0.25) is 0 Å². The minimum Gasteiger partial charge on any atom is -0.406 e. The van der Waals surface area contributed by atoms with Gasteiger partial charge in [0.05, 0.1) is 4.47 Å². The third-order valence-electron chi connectivity index (χ3n) is 3.53. The third kappa shape index (κ3) is 4.88. The molecule has 5 nitrogen and oxygen atoms in total. The Kier molecular flexibility index (Phi) is 5.22. The lowest BCUT2D eigenvalue weighted by molar-refractivity contribution is -0.274. The van der Waals surface area contributed by atoms with Gasteiger partial charge in [0.15, 0.2) is 0 Å². The Morgan fingerprint density at radius 3 is 2.48 bits per heavy atom. The topological polar surface area (TPSA) is 56.2 Å². The molecule has 3 rings (SSSR count). The van der Waals surface area contributed by atoms with Gasteiger partial charge in [-0.05, 0) is 52.3 Å². The van der Waals surface area contributed by atoms with Crippen molar-refractivity contribution in [1.82, 2.24) is 9.78 Å². The van der Waals surface area contributed by atoms with Gasteiger partial charge in [-0.15, -0.1) is 13.2 Å². The molecule has 3 aromatic rings. The van der Waals surface area contributed by atoms with E-state index < -0.39 is 12.3 Å². The maximum Gasteiger partial charge on any atom is 0.573 e. The van der Waals surface area contributed by atoms with Crippen molar-refractivity contribution in [2.75, 3.05) is 5.32 Å². The lowest BCUT2D eigenvalue weighted by Gasteiger charge is -2.10. The highest BCUT2D eigenvalue weighted by Crippen LogP contribution is 2.28. The average Bonchev–Trinajstić information content (AvgIpc) is 2.92.